The van der Waals surface area contributed by atoms with Gasteiger partial charge in [0.25, 0.3) is 5.91 Å². The molecule has 0 saturated carbocycles. The molecule has 0 bridgehead atoms. The highest BCUT2D eigenvalue weighted by atomic mass is 32.2. The van der Waals surface area contributed by atoms with Crippen molar-refractivity contribution in [3.63, 3.8) is 0 Å². The van der Waals surface area contributed by atoms with Crippen LogP contribution in [0.2, 0.25) is 0 Å². The second-order valence-corrected chi connectivity index (χ2v) is 9.02. The van der Waals surface area contributed by atoms with Crippen molar-refractivity contribution in [2.45, 2.75) is 24.7 Å². The van der Waals surface area contributed by atoms with Crippen molar-refractivity contribution in [1.29, 1.82) is 0 Å². The van der Waals surface area contributed by atoms with Crippen LogP contribution in [0.5, 0.6) is 0 Å². The van der Waals surface area contributed by atoms with Gasteiger partial charge in [0, 0.05) is 31.7 Å². The molecule has 0 aromatic heterocycles. The van der Waals surface area contributed by atoms with Crippen LogP contribution in [-0.2, 0) is 24.3 Å². The number of rotatable bonds is 4. The highest BCUT2D eigenvalue weighted by molar-refractivity contribution is 7.89. The second kappa shape index (κ2) is 8.59. The Bertz CT molecular complexity index is 840. The van der Waals surface area contributed by atoms with Crippen molar-refractivity contribution < 1.29 is 27.5 Å². The maximum atomic E-state index is 13.0. The molecular weight excluding hydrogens is 384 g/mol. The number of amides is 1. The summed E-state index contributed by atoms with van der Waals surface area (Å²) in [6, 6.07) is 4.68. The molecule has 3 rings (SSSR count). The lowest BCUT2D eigenvalue weighted by atomic mass is 9.96. The third-order valence-electron chi connectivity index (χ3n) is 5.36. The largest absolute Gasteiger partial charge is 0.469 e. The number of aryl methyl sites for hydroxylation is 1. The molecule has 1 aromatic rings. The van der Waals surface area contributed by atoms with Crippen LogP contribution in [0.25, 0.3) is 0 Å². The quantitative estimate of drug-likeness (QED) is 0.689. The molecule has 2 aliphatic heterocycles. The number of piperidine rings is 1. The summed E-state index contributed by atoms with van der Waals surface area (Å²) >= 11 is 0. The van der Waals surface area contributed by atoms with Gasteiger partial charge in [0.1, 0.15) is 0 Å². The number of carbonyl (C=O) groups is 2. The monoisotopic (exact) mass is 410 g/mol. The minimum Gasteiger partial charge on any atom is -0.469 e. The Balaban J connectivity index is 1.78. The van der Waals surface area contributed by atoms with Gasteiger partial charge in [0.15, 0.2) is 0 Å². The zero-order valence-electron chi connectivity index (χ0n) is 16.2. The molecule has 1 amide bonds. The summed E-state index contributed by atoms with van der Waals surface area (Å²) in [5, 5.41) is 0. The van der Waals surface area contributed by atoms with E-state index in [1.54, 1.807) is 24.0 Å². The van der Waals surface area contributed by atoms with E-state index in [1.165, 1.54) is 17.5 Å². The molecule has 1 aromatic carbocycles. The van der Waals surface area contributed by atoms with E-state index in [1.807, 2.05) is 0 Å². The molecule has 0 radical (unpaired) electrons. The highest BCUT2D eigenvalue weighted by Gasteiger charge is 2.31. The topological polar surface area (TPSA) is 93.2 Å². The van der Waals surface area contributed by atoms with E-state index in [2.05, 4.69) is 0 Å². The molecule has 0 unspecified atom stereocenters. The van der Waals surface area contributed by atoms with Crippen molar-refractivity contribution in [3.8, 4) is 0 Å². The van der Waals surface area contributed by atoms with Crippen LogP contribution in [0, 0.1) is 12.8 Å². The van der Waals surface area contributed by atoms with E-state index in [0.717, 1.165) is 5.56 Å². The Kier molecular flexibility index (Phi) is 6.36. The first-order valence-electron chi connectivity index (χ1n) is 9.40. The smallest absolute Gasteiger partial charge is 0.308 e. The van der Waals surface area contributed by atoms with Crippen LogP contribution >= 0.6 is 0 Å². The summed E-state index contributed by atoms with van der Waals surface area (Å²) < 4.78 is 37.2. The van der Waals surface area contributed by atoms with Gasteiger partial charge in [-0.3, -0.25) is 9.59 Å². The lowest BCUT2D eigenvalue weighted by molar-refractivity contribution is -0.146. The number of sulfonamides is 1. The number of benzene rings is 1. The Morgan fingerprint density at radius 1 is 1.11 bits per heavy atom. The first kappa shape index (κ1) is 20.8. The van der Waals surface area contributed by atoms with Crippen LogP contribution in [0.15, 0.2) is 23.1 Å². The first-order valence-corrected chi connectivity index (χ1v) is 10.8. The summed E-state index contributed by atoms with van der Waals surface area (Å²) in [6.45, 7) is 4.02. The number of hydrogen-bond donors (Lipinski definition) is 0. The van der Waals surface area contributed by atoms with Crippen LogP contribution in [-0.4, -0.2) is 76.0 Å². The predicted molar refractivity (Wildman–Crippen MR) is 101 cm³/mol. The fourth-order valence-corrected chi connectivity index (χ4v) is 5.02. The van der Waals surface area contributed by atoms with E-state index in [4.69, 9.17) is 9.47 Å². The standard InChI is InChI=1S/C19H26N2O6S/c1-14-3-4-16(28(24,25)21-9-11-27-12-10-21)13-17(14)18(22)20-7-5-15(6-8-20)19(23)26-2/h3-4,13,15H,5-12H2,1-2H3. The summed E-state index contributed by atoms with van der Waals surface area (Å²) in [7, 11) is -2.30. The van der Waals surface area contributed by atoms with Gasteiger partial charge in [-0.25, -0.2) is 8.42 Å². The average Bonchev–Trinajstić information content (AvgIpc) is 2.73. The Labute approximate surface area is 165 Å². The van der Waals surface area contributed by atoms with E-state index in [0.29, 0.717) is 57.8 Å². The third-order valence-corrected chi connectivity index (χ3v) is 7.26. The number of ether oxygens (including phenoxy) is 2. The summed E-state index contributed by atoms with van der Waals surface area (Å²) in [4.78, 5) is 26.5. The van der Waals surface area contributed by atoms with E-state index in [-0.39, 0.29) is 22.7 Å². The number of methoxy groups -OCH3 is 1. The molecule has 0 N–H and O–H groups in total. The van der Waals surface area contributed by atoms with Gasteiger partial charge >= 0.3 is 5.97 Å². The number of carbonyl (C=O) groups excluding carboxylic acids is 2. The highest BCUT2D eigenvalue weighted by Crippen LogP contribution is 2.24. The van der Waals surface area contributed by atoms with Gasteiger partial charge in [0.05, 0.1) is 31.1 Å². The predicted octanol–water partition coefficient (Wildman–Crippen LogP) is 1.04. The summed E-state index contributed by atoms with van der Waals surface area (Å²) in [5.74, 6) is -0.648. The van der Waals surface area contributed by atoms with Crippen LogP contribution in [0.1, 0.15) is 28.8 Å². The zero-order valence-corrected chi connectivity index (χ0v) is 17.0. The molecule has 0 spiro atoms. The van der Waals surface area contributed by atoms with Gasteiger partial charge in [0.2, 0.25) is 10.0 Å². The van der Waals surface area contributed by atoms with Gasteiger partial charge < -0.3 is 14.4 Å². The van der Waals surface area contributed by atoms with Gasteiger partial charge in [-0.15, -0.1) is 0 Å². The number of likely N-dealkylation sites (tertiary alicyclic amines) is 1. The average molecular weight is 410 g/mol. The van der Waals surface area contributed by atoms with Gasteiger partial charge in [-0.2, -0.15) is 4.31 Å². The molecule has 2 heterocycles. The molecule has 28 heavy (non-hydrogen) atoms. The molecular formula is C19H26N2O6S. The number of hydrogen-bond acceptors (Lipinski definition) is 6. The first-order chi connectivity index (χ1) is 13.3. The van der Waals surface area contributed by atoms with Crippen LogP contribution < -0.4 is 0 Å². The maximum Gasteiger partial charge on any atom is 0.308 e. The molecule has 2 aliphatic rings. The normalized spacial score (nSPS) is 19.4. The molecule has 2 saturated heterocycles. The minimum absolute atomic E-state index is 0.118. The molecule has 2 fully saturated rings. The fourth-order valence-electron chi connectivity index (χ4n) is 3.58. The Morgan fingerprint density at radius 3 is 2.36 bits per heavy atom. The SMILES string of the molecule is COC(=O)C1CCN(C(=O)c2cc(S(=O)(=O)N3CCOCC3)ccc2C)CC1. The molecule has 9 heteroatoms. The van der Waals surface area contributed by atoms with Crippen molar-refractivity contribution in [2.75, 3.05) is 46.5 Å². The van der Waals surface area contributed by atoms with Gasteiger partial charge in [-0.05, 0) is 37.5 Å². The third kappa shape index (κ3) is 4.21. The summed E-state index contributed by atoms with van der Waals surface area (Å²) in [5.41, 5.74) is 1.10. The molecule has 0 aliphatic carbocycles. The number of morpholine rings is 1. The van der Waals surface area contributed by atoms with E-state index < -0.39 is 10.0 Å². The van der Waals surface area contributed by atoms with Crippen LogP contribution in [0.3, 0.4) is 0 Å². The Hall–Kier alpha value is -1.97. The molecule has 8 nitrogen and oxygen atoms in total. The van der Waals surface area contributed by atoms with E-state index in [9.17, 15) is 18.0 Å². The lowest BCUT2D eigenvalue weighted by Crippen LogP contribution is -2.41. The van der Waals surface area contributed by atoms with Gasteiger partial charge in [-0.1, -0.05) is 6.07 Å². The van der Waals surface area contributed by atoms with Crippen LogP contribution in [0.4, 0.5) is 0 Å². The second-order valence-electron chi connectivity index (χ2n) is 7.08. The maximum absolute atomic E-state index is 13.0. The molecule has 154 valence electrons. The van der Waals surface area contributed by atoms with Crippen molar-refractivity contribution in [1.82, 2.24) is 9.21 Å². The van der Waals surface area contributed by atoms with Crippen molar-refractivity contribution in [3.05, 3.63) is 29.3 Å². The fraction of sp³-hybridized carbons (Fsp3) is 0.579. The summed E-state index contributed by atoms with van der Waals surface area (Å²) in [6.07, 6.45) is 1.09. The number of esters is 1. The molecule has 0 atom stereocenters. The lowest BCUT2D eigenvalue weighted by Gasteiger charge is -2.31. The number of nitrogens with zero attached hydrogens (tertiary/aromatic N) is 2. The van der Waals surface area contributed by atoms with E-state index >= 15 is 0 Å². The van der Waals surface area contributed by atoms with Crippen molar-refractivity contribution in [2.24, 2.45) is 5.92 Å². The van der Waals surface area contributed by atoms with Crippen molar-refractivity contribution >= 4 is 21.9 Å². The minimum atomic E-state index is -3.67. The zero-order chi connectivity index (χ0) is 20.3. The Morgan fingerprint density at radius 2 is 1.75 bits per heavy atom.